The Morgan fingerprint density at radius 2 is 0.582 bits per heavy atom. The average molecular weight is 940 g/mol. The van der Waals surface area contributed by atoms with E-state index in [0.29, 0.717) is 19.3 Å². The van der Waals surface area contributed by atoms with Gasteiger partial charge >= 0.3 is 17.9 Å². The maximum absolute atomic E-state index is 12.9. The van der Waals surface area contributed by atoms with Gasteiger partial charge in [-0.25, -0.2) is 0 Å². The molecule has 0 aromatic rings. The van der Waals surface area contributed by atoms with Crippen molar-refractivity contribution in [3.05, 3.63) is 48.6 Å². The van der Waals surface area contributed by atoms with Crippen molar-refractivity contribution < 1.29 is 28.6 Å². The van der Waals surface area contributed by atoms with Gasteiger partial charge in [-0.3, -0.25) is 14.4 Å². The van der Waals surface area contributed by atoms with Crippen LogP contribution in [0.2, 0.25) is 0 Å². The van der Waals surface area contributed by atoms with Gasteiger partial charge in [0, 0.05) is 19.3 Å². The van der Waals surface area contributed by atoms with Crippen LogP contribution in [-0.4, -0.2) is 37.2 Å². The van der Waals surface area contributed by atoms with E-state index in [1.54, 1.807) is 0 Å². The normalized spacial score (nSPS) is 12.3. The van der Waals surface area contributed by atoms with Crippen LogP contribution >= 0.6 is 0 Å². The van der Waals surface area contributed by atoms with E-state index in [1.165, 1.54) is 167 Å². The van der Waals surface area contributed by atoms with E-state index in [9.17, 15) is 14.4 Å². The lowest BCUT2D eigenvalue weighted by Gasteiger charge is -2.18. The minimum atomic E-state index is -0.779. The fraction of sp³-hybridized carbons (Fsp3) is 0.820. The van der Waals surface area contributed by atoms with Crippen molar-refractivity contribution in [1.82, 2.24) is 0 Å². The lowest BCUT2D eigenvalue weighted by Crippen LogP contribution is -2.30. The fourth-order valence-electron chi connectivity index (χ4n) is 8.49. The Bertz CT molecular complexity index is 1170. The first kappa shape index (κ1) is 64.4. The van der Waals surface area contributed by atoms with Gasteiger partial charge in [-0.2, -0.15) is 0 Å². The van der Waals surface area contributed by atoms with Crippen LogP contribution in [0, 0.1) is 0 Å². The molecule has 0 aliphatic heterocycles. The smallest absolute Gasteiger partial charge is 0.306 e. The summed E-state index contributed by atoms with van der Waals surface area (Å²) in [5.41, 5.74) is 0. The summed E-state index contributed by atoms with van der Waals surface area (Å²) in [6, 6.07) is 0. The number of hydrogen-bond donors (Lipinski definition) is 0. The number of hydrogen-bond acceptors (Lipinski definition) is 6. The molecule has 0 spiro atoms. The molecule has 0 aliphatic carbocycles. The lowest BCUT2D eigenvalue weighted by atomic mass is 10.0. The Morgan fingerprint density at radius 3 is 0.910 bits per heavy atom. The summed E-state index contributed by atoms with van der Waals surface area (Å²) in [7, 11) is 0. The van der Waals surface area contributed by atoms with Crippen molar-refractivity contribution in [3.8, 4) is 0 Å². The number of unbranched alkanes of at least 4 members (excludes halogenated alkanes) is 34. The van der Waals surface area contributed by atoms with E-state index in [4.69, 9.17) is 14.2 Å². The zero-order chi connectivity index (χ0) is 48.6. The predicted molar refractivity (Wildman–Crippen MR) is 289 cm³/mol. The Kier molecular flexibility index (Phi) is 53.8. The molecule has 0 aliphatic rings. The monoisotopic (exact) mass is 939 g/mol. The Hall–Kier alpha value is -2.63. The van der Waals surface area contributed by atoms with Gasteiger partial charge in [0.05, 0.1) is 0 Å². The summed E-state index contributed by atoms with van der Waals surface area (Å²) in [5.74, 6) is -0.883. The molecule has 0 radical (unpaired) electrons. The second-order valence-corrected chi connectivity index (χ2v) is 19.5. The minimum Gasteiger partial charge on any atom is -0.462 e. The van der Waals surface area contributed by atoms with Crippen molar-refractivity contribution in [2.24, 2.45) is 0 Å². The molecule has 6 nitrogen and oxygen atoms in total. The zero-order valence-corrected chi connectivity index (χ0v) is 44.7. The summed E-state index contributed by atoms with van der Waals surface area (Å²) in [4.78, 5) is 38.2. The van der Waals surface area contributed by atoms with E-state index in [1.807, 2.05) is 0 Å². The highest BCUT2D eigenvalue weighted by Gasteiger charge is 2.19. The molecule has 0 heterocycles. The fourth-order valence-corrected chi connectivity index (χ4v) is 8.49. The van der Waals surface area contributed by atoms with Crippen LogP contribution in [0.3, 0.4) is 0 Å². The van der Waals surface area contributed by atoms with Crippen molar-refractivity contribution in [1.29, 1.82) is 0 Å². The summed E-state index contributed by atoms with van der Waals surface area (Å²) in [6.45, 7) is 6.55. The lowest BCUT2D eigenvalue weighted by molar-refractivity contribution is -0.167. The number of esters is 3. The highest BCUT2D eigenvalue weighted by molar-refractivity contribution is 5.71. The first-order valence-electron chi connectivity index (χ1n) is 29.1. The molecule has 0 unspecified atom stereocenters. The topological polar surface area (TPSA) is 78.9 Å². The Labute approximate surface area is 416 Å². The van der Waals surface area contributed by atoms with Crippen molar-refractivity contribution in [3.63, 3.8) is 0 Å². The molecule has 0 amide bonds. The van der Waals surface area contributed by atoms with Gasteiger partial charge < -0.3 is 14.2 Å². The molecule has 0 saturated carbocycles. The maximum Gasteiger partial charge on any atom is 0.306 e. The SMILES string of the molecule is CC/C=C\C/C=C\C/C=C\C/C=C\CCCCCCC(=O)OC[C@H](COC(=O)CCCCCCCCCCCCCCCCCCC)OC(=O)CCCCCCCCCCCCCCCCC. The third-order valence-corrected chi connectivity index (χ3v) is 12.8. The summed E-state index contributed by atoms with van der Waals surface area (Å²) in [5, 5.41) is 0. The van der Waals surface area contributed by atoms with E-state index >= 15 is 0 Å². The molecule has 0 bridgehead atoms. The van der Waals surface area contributed by atoms with Crippen LogP contribution < -0.4 is 0 Å². The first-order chi connectivity index (χ1) is 33.0. The molecule has 0 fully saturated rings. The second-order valence-electron chi connectivity index (χ2n) is 19.5. The second kappa shape index (κ2) is 56.0. The summed E-state index contributed by atoms with van der Waals surface area (Å²) < 4.78 is 16.9. The van der Waals surface area contributed by atoms with Gasteiger partial charge in [-0.15, -0.1) is 0 Å². The third-order valence-electron chi connectivity index (χ3n) is 12.8. The van der Waals surface area contributed by atoms with Gasteiger partial charge in [-0.05, 0) is 57.8 Å². The van der Waals surface area contributed by atoms with Gasteiger partial charge in [0.2, 0.25) is 0 Å². The van der Waals surface area contributed by atoms with E-state index < -0.39 is 6.10 Å². The van der Waals surface area contributed by atoms with Crippen LogP contribution in [-0.2, 0) is 28.6 Å². The Morgan fingerprint density at radius 1 is 0.313 bits per heavy atom. The van der Waals surface area contributed by atoms with Gasteiger partial charge in [-0.1, -0.05) is 275 Å². The largest absolute Gasteiger partial charge is 0.462 e. The number of carbonyl (C=O) groups is 3. The first-order valence-corrected chi connectivity index (χ1v) is 29.1. The summed E-state index contributed by atoms with van der Waals surface area (Å²) >= 11 is 0. The van der Waals surface area contributed by atoms with E-state index in [0.717, 1.165) is 96.3 Å². The standard InChI is InChI=1S/C61H110O6/c1-4-7-10-13-16-19-22-25-28-30-33-35-38-41-44-47-50-53-59(62)65-56-58(67-61(64)55-52-49-46-43-40-37-32-27-24-21-18-15-12-9-6-3)57-66-60(63)54-51-48-45-42-39-36-34-31-29-26-23-20-17-14-11-8-5-2/h7,10,16,19,25,28,33,35,58H,4-6,8-9,11-15,17-18,20-24,26-27,29-32,34,36-57H2,1-3H3/b10-7-,19-16-,28-25-,35-33-/t58-/m1/s1. The maximum atomic E-state index is 12.9. The molecule has 0 N–H and O–H groups in total. The van der Waals surface area contributed by atoms with Gasteiger partial charge in [0.15, 0.2) is 6.10 Å². The molecule has 6 heteroatoms. The zero-order valence-electron chi connectivity index (χ0n) is 44.7. The van der Waals surface area contributed by atoms with E-state index in [2.05, 4.69) is 69.4 Å². The van der Waals surface area contributed by atoms with Crippen LogP contribution in [0.4, 0.5) is 0 Å². The van der Waals surface area contributed by atoms with Crippen LogP contribution in [0.5, 0.6) is 0 Å². The quantitative estimate of drug-likeness (QED) is 0.0262. The van der Waals surface area contributed by atoms with Crippen LogP contribution in [0.25, 0.3) is 0 Å². The van der Waals surface area contributed by atoms with Crippen molar-refractivity contribution in [2.45, 2.75) is 309 Å². The van der Waals surface area contributed by atoms with E-state index in [-0.39, 0.29) is 31.1 Å². The summed E-state index contributed by atoms with van der Waals surface area (Å²) in [6.07, 6.45) is 68.1. The number of carbonyl (C=O) groups excluding carboxylic acids is 3. The van der Waals surface area contributed by atoms with Crippen LogP contribution in [0.1, 0.15) is 303 Å². The van der Waals surface area contributed by atoms with Gasteiger partial charge in [0.1, 0.15) is 13.2 Å². The van der Waals surface area contributed by atoms with Crippen molar-refractivity contribution >= 4 is 17.9 Å². The molecule has 0 aromatic heterocycles. The molecular weight excluding hydrogens is 829 g/mol. The highest BCUT2D eigenvalue weighted by atomic mass is 16.6. The number of rotatable bonds is 53. The molecule has 67 heavy (non-hydrogen) atoms. The number of allylic oxidation sites excluding steroid dienone is 8. The molecule has 0 aromatic carbocycles. The van der Waals surface area contributed by atoms with Crippen LogP contribution in [0.15, 0.2) is 48.6 Å². The third kappa shape index (κ3) is 54.2. The average Bonchev–Trinajstić information content (AvgIpc) is 3.33. The number of ether oxygens (including phenoxy) is 3. The molecular formula is C61H110O6. The molecule has 0 rings (SSSR count). The Balaban J connectivity index is 4.37. The van der Waals surface area contributed by atoms with Gasteiger partial charge in [0.25, 0.3) is 0 Å². The molecule has 0 saturated heterocycles. The van der Waals surface area contributed by atoms with Crippen molar-refractivity contribution in [2.75, 3.05) is 13.2 Å². The highest BCUT2D eigenvalue weighted by Crippen LogP contribution is 2.17. The minimum absolute atomic E-state index is 0.0764. The predicted octanol–water partition coefficient (Wildman–Crippen LogP) is 19.4. The molecule has 390 valence electrons. The molecule has 1 atom stereocenters.